The summed E-state index contributed by atoms with van der Waals surface area (Å²) in [5.41, 5.74) is 0.590. The van der Waals surface area contributed by atoms with Crippen LogP contribution in [0.5, 0.6) is 0 Å². The standard InChI is InChI=1S/C11H15N3O3S/c1-3-5-6-8(11(16)17)12-10(15)9-7(4-2)13-14-18-9/h3,5,8H,4,6H2,1-2H3,(H,12,15)(H,16,17)/b5-3+. The molecule has 1 aromatic rings. The fourth-order valence-corrected chi connectivity index (χ4v) is 1.98. The average Bonchev–Trinajstić information content (AvgIpc) is 2.82. The third-order valence-electron chi connectivity index (χ3n) is 2.31. The van der Waals surface area contributed by atoms with Crippen molar-refractivity contribution in [2.75, 3.05) is 0 Å². The van der Waals surface area contributed by atoms with Crippen LogP contribution in [0.3, 0.4) is 0 Å². The predicted octanol–water partition coefficient (Wildman–Crippen LogP) is 1.25. The first kappa shape index (κ1) is 14.3. The Bertz CT molecular complexity index is 456. The molecule has 98 valence electrons. The summed E-state index contributed by atoms with van der Waals surface area (Å²) in [6.45, 7) is 3.66. The van der Waals surface area contributed by atoms with Crippen LogP contribution in [0.1, 0.15) is 35.6 Å². The normalized spacial score (nSPS) is 12.6. The van der Waals surface area contributed by atoms with Crippen LogP contribution in [0.2, 0.25) is 0 Å². The molecule has 1 rings (SSSR count). The van der Waals surface area contributed by atoms with Crippen molar-refractivity contribution >= 4 is 23.4 Å². The van der Waals surface area contributed by atoms with Crippen LogP contribution in [0.25, 0.3) is 0 Å². The maximum atomic E-state index is 11.9. The Balaban J connectivity index is 2.75. The molecule has 1 atom stereocenters. The molecule has 0 saturated carbocycles. The Morgan fingerprint density at radius 1 is 1.56 bits per heavy atom. The summed E-state index contributed by atoms with van der Waals surface area (Å²) in [5.74, 6) is -1.49. The summed E-state index contributed by atoms with van der Waals surface area (Å²) in [4.78, 5) is 23.3. The number of amides is 1. The van der Waals surface area contributed by atoms with Crippen molar-refractivity contribution in [2.45, 2.75) is 32.7 Å². The zero-order chi connectivity index (χ0) is 13.5. The van der Waals surface area contributed by atoms with E-state index in [1.807, 2.05) is 6.92 Å². The number of rotatable bonds is 6. The third kappa shape index (κ3) is 3.63. The summed E-state index contributed by atoms with van der Waals surface area (Å²) < 4.78 is 3.70. The molecular formula is C11H15N3O3S. The summed E-state index contributed by atoms with van der Waals surface area (Å²) in [7, 11) is 0. The van der Waals surface area contributed by atoms with Crippen molar-refractivity contribution < 1.29 is 14.7 Å². The van der Waals surface area contributed by atoms with Crippen LogP contribution in [-0.4, -0.2) is 32.6 Å². The van der Waals surface area contributed by atoms with Gasteiger partial charge in [0.1, 0.15) is 10.9 Å². The van der Waals surface area contributed by atoms with E-state index < -0.39 is 17.9 Å². The van der Waals surface area contributed by atoms with Crippen molar-refractivity contribution in [3.8, 4) is 0 Å². The van der Waals surface area contributed by atoms with Gasteiger partial charge in [-0.3, -0.25) is 4.79 Å². The van der Waals surface area contributed by atoms with Gasteiger partial charge in [0.2, 0.25) is 0 Å². The Morgan fingerprint density at radius 2 is 2.28 bits per heavy atom. The van der Waals surface area contributed by atoms with Gasteiger partial charge in [0, 0.05) is 0 Å². The number of carboxylic acids is 1. The molecule has 1 heterocycles. The van der Waals surface area contributed by atoms with Gasteiger partial charge >= 0.3 is 5.97 Å². The average molecular weight is 269 g/mol. The highest BCUT2D eigenvalue weighted by Gasteiger charge is 2.22. The Morgan fingerprint density at radius 3 is 2.83 bits per heavy atom. The SMILES string of the molecule is C/C=C/CC(NC(=O)c1snnc1CC)C(=O)O. The van der Waals surface area contributed by atoms with Crippen molar-refractivity contribution in [1.82, 2.24) is 14.9 Å². The number of hydrogen-bond donors (Lipinski definition) is 2. The number of carbonyl (C=O) groups is 2. The summed E-state index contributed by atoms with van der Waals surface area (Å²) >= 11 is 0.976. The molecule has 0 fully saturated rings. The van der Waals surface area contributed by atoms with Gasteiger partial charge in [-0.05, 0) is 31.3 Å². The molecule has 7 heteroatoms. The van der Waals surface area contributed by atoms with Gasteiger partial charge in [0.25, 0.3) is 5.91 Å². The molecule has 2 N–H and O–H groups in total. The minimum Gasteiger partial charge on any atom is -0.480 e. The van der Waals surface area contributed by atoms with Crippen LogP contribution < -0.4 is 5.32 Å². The van der Waals surface area contributed by atoms with E-state index in [-0.39, 0.29) is 6.42 Å². The van der Waals surface area contributed by atoms with E-state index in [4.69, 9.17) is 5.11 Å². The van der Waals surface area contributed by atoms with Gasteiger partial charge in [-0.25, -0.2) is 4.79 Å². The van der Waals surface area contributed by atoms with Crippen molar-refractivity contribution in [3.05, 3.63) is 22.7 Å². The van der Waals surface area contributed by atoms with Crippen molar-refractivity contribution in [3.63, 3.8) is 0 Å². The highest BCUT2D eigenvalue weighted by Crippen LogP contribution is 2.11. The van der Waals surface area contributed by atoms with Crippen molar-refractivity contribution in [1.29, 1.82) is 0 Å². The summed E-state index contributed by atoms with van der Waals surface area (Å²) in [6.07, 6.45) is 4.29. The van der Waals surface area contributed by atoms with E-state index in [2.05, 4.69) is 14.9 Å². The number of aryl methyl sites for hydroxylation is 1. The molecule has 0 aliphatic rings. The molecule has 18 heavy (non-hydrogen) atoms. The monoisotopic (exact) mass is 269 g/mol. The highest BCUT2D eigenvalue weighted by molar-refractivity contribution is 7.08. The van der Waals surface area contributed by atoms with Gasteiger partial charge in [-0.1, -0.05) is 23.6 Å². The minimum atomic E-state index is -1.06. The van der Waals surface area contributed by atoms with Crippen molar-refractivity contribution in [2.24, 2.45) is 0 Å². The minimum absolute atomic E-state index is 0.255. The van der Waals surface area contributed by atoms with Gasteiger partial charge in [-0.15, -0.1) is 5.10 Å². The third-order valence-corrected chi connectivity index (χ3v) is 3.07. The zero-order valence-corrected chi connectivity index (χ0v) is 11.0. The largest absolute Gasteiger partial charge is 0.480 e. The first-order valence-electron chi connectivity index (χ1n) is 5.56. The van der Waals surface area contributed by atoms with Crippen LogP contribution in [0.15, 0.2) is 12.2 Å². The maximum Gasteiger partial charge on any atom is 0.326 e. The van der Waals surface area contributed by atoms with E-state index in [0.717, 1.165) is 11.5 Å². The fraction of sp³-hybridized carbons (Fsp3) is 0.455. The Hall–Kier alpha value is -1.76. The van der Waals surface area contributed by atoms with Crippen LogP contribution in [0, 0.1) is 0 Å². The van der Waals surface area contributed by atoms with Gasteiger partial charge < -0.3 is 10.4 Å². The number of allylic oxidation sites excluding steroid dienone is 1. The van der Waals surface area contributed by atoms with Crippen LogP contribution >= 0.6 is 11.5 Å². The van der Waals surface area contributed by atoms with E-state index in [0.29, 0.717) is 17.0 Å². The lowest BCUT2D eigenvalue weighted by atomic mass is 10.2. The second-order valence-electron chi connectivity index (χ2n) is 3.57. The first-order valence-corrected chi connectivity index (χ1v) is 6.33. The fourth-order valence-electron chi connectivity index (χ4n) is 1.33. The number of nitrogens with zero attached hydrogens (tertiary/aromatic N) is 2. The molecule has 1 amide bonds. The molecular weight excluding hydrogens is 254 g/mol. The Labute approximate surface area is 109 Å². The molecule has 0 radical (unpaired) electrons. The smallest absolute Gasteiger partial charge is 0.326 e. The van der Waals surface area contributed by atoms with E-state index >= 15 is 0 Å². The van der Waals surface area contributed by atoms with Gasteiger partial charge in [0.05, 0.1) is 5.69 Å². The molecule has 0 aromatic carbocycles. The van der Waals surface area contributed by atoms with Crippen LogP contribution in [0.4, 0.5) is 0 Å². The van der Waals surface area contributed by atoms with Gasteiger partial charge in [-0.2, -0.15) is 0 Å². The number of nitrogens with one attached hydrogen (secondary N) is 1. The highest BCUT2D eigenvalue weighted by atomic mass is 32.1. The molecule has 0 aliphatic carbocycles. The maximum absolute atomic E-state index is 11.9. The number of hydrogen-bond acceptors (Lipinski definition) is 5. The molecule has 0 spiro atoms. The lowest BCUT2D eigenvalue weighted by Gasteiger charge is -2.11. The lowest BCUT2D eigenvalue weighted by Crippen LogP contribution is -2.40. The predicted molar refractivity (Wildman–Crippen MR) is 67.6 cm³/mol. The number of carboxylic acid groups (broad SMARTS) is 1. The summed E-state index contributed by atoms with van der Waals surface area (Å²) in [5, 5.41) is 15.3. The van der Waals surface area contributed by atoms with E-state index in [1.165, 1.54) is 0 Å². The number of carbonyl (C=O) groups excluding carboxylic acids is 1. The lowest BCUT2D eigenvalue weighted by molar-refractivity contribution is -0.139. The second kappa shape index (κ2) is 6.85. The quantitative estimate of drug-likeness (QED) is 0.758. The molecule has 1 unspecified atom stereocenters. The van der Waals surface area contributed by atoms with E-state index in [9.17, 15) is 9.59 Å². The van der Waals surface area contributed by atoms with Crippen LogP contribution in [-0.2, 0) is 11.2 Å². The molecule has 1 aromatic heterocycles. The molecule has 0 aliphatic heterocycles. The molecule has 6 nitrogen and oxygen atoms in total. The Kier molecular flexibility index (Phi) is 5.44. The first-order chi connectivity index (χ1) is 8.60. The molecule has 0 saturated heterocycles. The summed E-state index contributed by atoms with van der Waals surface area (Å²) in [6, 6.07) is -0.930. The second-order valence-corrected chi connectivity index (χ2v) is 4.33. The van der Waals surface area contributed by atoms with Gasteiger partial charge in [0.15, 0.2) is 0 Å². The number of aliphatic carboxylic acids is 1. The number of aromatic nitrogens is 2. The zero-order valence-electron chi connectivity index (χ0n) is 10.2. The van der Waals surface area contributed by atoms with E-state index in [1.54, 1.807) is 19.1 Å². The molecule has 0 bridgehead atoms. The topological polar surface area (TPSA) is 92.2 Å².